The molecule has 4 heteroatoms. The first-order valence-electron chi connectivity index (χ1n) is 5.93. The molecule has 0 unspecified atom stereocenters. The smallest absolute Gasteiger partial charge is 0.254 e. The van der Waals surface area contributed by atoms with Crippen molar-refractivity contribution < 1.29 is 9.90 Å². The number of hydrogen-bond donors (Lipinski definition) is 2. The number of hydrogen-bond acceptors (Lipinski definition) is 3. The third-order valence-corrected chi connectivity index (χ3v) is 3.53. The number of nitrogens with zero attached hydrogens (tertiary/aromatic N) is 1. The van der Waals surface area contributed by atoms with Crippen molar-refractivity contribution in [2.75, 3.05) is 13.2 Å². The molecule has 17 heavy (non-hydrogen) atoms. The van der Waals surface area contributed by atoms with Crippen molar-refractivity contribution in [2.45, 2.75) is 30.2 Å². The van der Waals surface area contributed by atoms with E-state index < -0.39 is 0 Å². The maximum absolute atomic E-state index is 12.3. The topological polar surface area (TPSA) is 40.5 Å². The van der Waals surface area contributed by atoms with Crippen LogP contribution >= 0.6 is 12.6 Å². The van der Waals surface area contributed by atoms with E-state index in [4.69, 9.17) is 5.11 Å². The Bertz CT molecular complexity index is 387. The molecule has 1 amide bonds. The molecule has 1 aliphatic rings. The molecule has 92 valence electrons. The first-order chi connectivity index (χ1) is 8.22. The number of aliphatic hydroxyl groups is 1. The number of thiol groups is 1. The number of aliphatic hydroxyl groups excluding tert-OH is 1. The van der Waals surface area contributed by atoms with Crippen LogP contribution in [0.4, 0.5) is 0 Å². The molecule has 1 saturated carbocycles. The molecule has 0 atom stereocenters. The Morgan fingerprint density at radius 2 is 2.00 bits per heavy atom. The Labute approximate surface area is 107 Å². The lowest BCUT2D eigenvalue weighted by atomic mass is 9.91. The van der Waals surface area contributed by atoms with Crippen LogP contribution in [-0.4, -0.2) is 35.1 Å². The van der Waals surface area contributed by atoms with Crippen molar-refractivity contribution in [1.82, 2.24) is 4.90 Å². The molecule has 1 aliphatic carbocycles. The summed E-state index contributed by atoms with van der Waals surface area (Å²) in [4.78, 5) is 14.9. The van der Waals surface area contributed by atoms with Gasteiger partial charge in [0.1, 0.15) is 0 Å². The second kappa shape index (κ2) is 5.56. The average Bonchev–Trinajstić information content (AvgIpc) is 2.26. The van der Waals surface area contributed by atoms with E-state index in [0.717, 1.165) is 17.7 Å². The zero-order chi connectivity index (χ0) is 12.3. The van der Waals surface area contributed by atoms with E-state index in [0.29, 0.717) is 18.2 Å². The highest BCUT2D eigenvalue weighted by atomic mass is 32.1. The van der Waals surface area contributed by atoms with Crippen LogP contribution in [0.1, 0.15) is 29.6 Å². The highest BCUT2D eigenvalue weighted by molar-refractivity contribution is 7.80. The summed E-state index contributed by atoms with van der Waals surface area (Å²) >= 11 is 4.20. The first-order valence-corrected chi connectivity index (χ1v) is 6.38. The van der Waals surface area contributed by atoms with E-state index in [9.17, 15) is 4.79 Å². The third-order valence-electron chi connectivity index (χ3n) is 3.23. The van der Waals surface area contributed by atoms with E-state index in [1.54, 1.807) is 17.0 Å². The van der Waals surface area contributed by atoms with Gasteiger partial charge in [0.25, 0.3) is 5.91 Å². The minimum absolute atomic E-state index is 0.0112. The Morgan fingerprint density at radius 3 is 2.47 bits per heavy atom. The molecule has 1 aromatic carbocycles. The third kappa shape index (κ3) is 2.82. The summed E-state index contributed by atoms with van der Waals surface area (Å²) in [6.45, 7) is 0.443. The summed E-state index contributed by atoms with van der Waals surface area (Å²) < 4.78 is 0. The standard InChI is InChI=1S/C13H17NO2S/c15-9-8-14(11-2-1-3-11)13(16)10-4-6-12(17)7-5-10/h4-7,11,15,17H,1-3,8-9H2. The van der Waals surface area contributed by atoms with Crippen LogP contribution in [0.25, 0.3) is 0 Å². The zero-order valence-electron chi connectivity index (χ0n) is 9.67. The molecule has 1 fully saturated rings. The number of benzene rings is 1. The van der Waals surface area contributed by atoms with Crippen molar-refractivity contribution in [3.05, 3.63) is 29.8 Å². The van der Waals surface area contributed by atoms with Gasteiger partial charge in [-0.2, -0.15) is 0 Å². The Morgan fingerprint density at radius 1 is 1.35 bits per heavy atom. The van der Waals surface area contributed by atoms with Crippen LogP contribution in [0.2, 0.25) is 0 Å². The predicted molar refractivity (Wildman–Crippen MR) is 69.5 cm³/mol. The lowest BCUT2D eigenvalue weighted by Gasteiger charge is -2.37. The van der Waals surface area contributed by atoms with Gasteiger partial charge >= 0.3 is 0 Å². The van der Waals surface area contributed by atoms with Crippen molar-refractivity contribution in [1.29, 1.82) is 0 Å². The van der Waals surface area contributed by atoms with Crippen LogP contribution in [0.15, 0.2) is 29.2 Å². The van der Waals surface area contributed by atoms with Crippen LogP contribution in [0, 0.1) is 0 Å². The Balaban J connectivity index is 2.12. The zero-order valence-corrected chi connectivity index (χ0v) is 10.6. The van der Waals surface area contributed by atoms with Crippen LogP contribution in [0.3, 0.4) is 0 Å². The summed E-state index contributed by atoms with van der Waals surface area (Å²) in [7, 11) is 0. The highest BCUT2D eigenvalue weighted by Gasteiger charge is 2.28. The summed E-state index contributed by atoms with van der Waals surface area (Å²) in [5, 5.41) is 9.04. The fraction of sp³-hybridized carbons (Fsp3) is 0.462. The fourth-order valence-electron chi connectivity index (χ4n) is 2.03. The summed E-state index contributed by atoms with van der Waals surface area (Å²) in [5.74, 6) is 0.0112. The number of rotatable bonds is 4. The lowest BCUT2D eigenvalue weighted by molar-refractivity contribution is 0.0526. The lowest BCUT2D eigenvalue weighted by Crippen LogP contribution is -2.45. The maximum Gasteiger partial charge on any atom is 0.254 e. The van der Waals surface area contributed by atoms with E-state index in [1.165, 1.54) is 6.42 Å². The predicted octanol–water partition coefficient (Wildman–Crippen LogP) is 1.96. The second-order valence-corrected chi connectivity index (χ2v) is 4.87. The monoisotopic (exact) mass is 251 g/mol. The minimum atomic E-state index is 0.0112. The first kappa shape index (κ1) is 12.5. The highest BCUT2D eigenvalue weighted by Crippen LogP contribution is 2.26. The van der Waals surface area contributed by atoms with Gasteiger partial charge in [-0.1, -0.05) is 0 Å². The molecule has 0 saturated heterocycles. The van der Waals surface area contributed by atoms with Gasteiger partial charge in [0.05, 0.1) is 6.61 Å². The van der Waals surface area contributed by atoms with Crippen LogP contribution in [-0.2, 0) is 0 Å². The molecule has 0 aromatic heterocycles. The largest absolute Gasteiger partial charge is 0.395 e. The number of carbonyl (C=O) groups excluding carboxylic acids is 1. The van der Waals surface area contributed by atoms with Gasteiger partial charge in [0.2, 0.25) is 0 Å². The summed E-state index contributed by atoms with van der Waals surface area (Å²) in [5.41, 5.74) is 0.670. The second-order valence-electron chi connectivity index (χ2n) is 4.35. The molecule has 1 N–H and O–H groups in total. The fourth-order valence-corrected chi connectivity index (χ4v) is 2.17. The van der Waals surface area contributed by atoms with Gasteiger partial charge in [0, 0.05) is 23.0 Å². The molecular formula is C13H17NO2S. The van der Waals surface area contributed by atoms with Crippen molar-refractivity contribution in [3.63, 3.8) is 0 Å². The average molecular weight is 251 g/mol. The van der Waals surface area contributed by atoms with E-state index in [2.05, 4.69) is 12.6 Å². The minimum Gasteiger partial charge on any atom is -0.395 e. The molecule has 1 aromatic rings. The molecule has 2 rings (SSSR count). The van der Waals surface area contributed by atoms with Crippen molar-refractivity contribution in [2.24, 2.45) is 0 Å². The summed E-state index contributed by atoms with van der Waals surface area (Å²) in [6.07, 6.45) is 3.28. The Kier molecular flexibility index (Phi) is 4.07. The summed E-state index contributed by atoms with van der Waals surface area (Å²) in [6, 6.07) is 7.51. The molecule has 0 bridgehead atoms. The van der Waals surface area contributed by atoms with Crippen molar-refractivity contribution >= 4 is 18.5 Å². The van der Waals surface area contributed by atoms with Gasteiger partial charge in [-0.15, -0.1) is 12.6 Å². The van der Waals surface area contributed by atoms with Gasteiger partial charge in [-0.05, 0) is 43.5 Å². The van der Waals surface area contributed by atoms with E-state index in [1.807, 2.05) is 12.1 Å². The van der Waals surface area contributed by atoms with E-state index >= 15 is 0 Å². The molecular weight excluding hydrogens is 234 g/mol. The Hall–Kier alpha value is -1.00. The van der Waals surface area contributed by atoms with Gasteiger partial charge in [-0.3, -0.25) is 4.79 Å². The normalized spacial score (nSPS) is 15.4. The van der Waals surface area contributed by atoms with Crippen LogP contribution in [0.5, 0.6) is 0 Å². The molecule has 0 radical (unpaired) electrons. The molecule has 0 spiro atoms. The van der Waals surface area contributed by atoms with Crippen LogP contribution < -0.4 is 0 Å². The SMILES string of the molecule is O=C(c1ccc(S)cc1)N(CCO)C1CCC1. The van der Waals surface area contributed by atoms with Gasteiger partial charge in [0.15, 0.2) is 0 Å². The molecule has 0 aliphatic heterocycles. The molecule has 0 heterocycles. The maximum atomic E-state index is 12.3. The number of amides is 1. The van der Waals surface area contributed by atoms with Gasteiger partial charge < -0.3 is 10.0 Å². The van der Waals surface area contributed by atoms with Crippen molar-refractivity contribution in [3.8, 4) is 0 Å². The quantitative estimate of drug-likeness (QED) is 0.803. The van der Waals surface area contributed by atoms with E-state index in [-0.39, 0.29) is 12.5 Å². The molecule has 3 nitrogen and oxygen atoms in total. The van der Waals surface area contributed by atoms with Gasteiger partial charge in [-0.25, -0.2) is 0 Å². The number of carbonyl (C=O) groups is 1.